The van der Waals surface area contributed by atoms with Gasteiger partial charge in [-0.3, -0.25) is 4.79 Å². The van der Waals surface area contributed by atoms with Gasteiger partial charge in [0.15, 0.2) is 17.4 Å². The first-order valence-electron chi connectivity index (χ1n) is 6.02. The van der Waals surface area contributed by atoms with Gasteiger partial charge in [-0.1, -0.05) is 12.1 Å². The first-order chi connectivity index (χ1) is 9.38. The molecule has 4 N–H and O–H groups in total. The van der Waals surface area contributed by atoms with Crippen LogP contribution in [0.3, 0.4) is 0 Å². The second kappa shape index (κ2) is 6.23. The Morgan fingerprint density at radius 2 is 2.25 bits per heavy atom. The van der Waals surface area contributed by atoms with Crippen molar-refractivity contribution in [2.75, 3.05) is 12.4 Å². The third-order valence-corrected chi connectivity index (χ3v) is 3.29. The number of oxime groups is 1. The molecular weight excluding hydrogens is 265 g/mol. The summed E-state index contributed by atoms with van der Waals surface area (Å²) in [4.78, 5) is 12.2. The maximum absolute atomic E-state index is 13.5. The van der Waals surface area contributed by atoms with Gasteiger partial charge < -0.3 is 21.0 Å². The van der Waals surface area contributed by atoms with E-state index in [0.717, 1.165) is 6.07 Å². The number of rotatable bonds is 5. The summed E-state index contributed by atoms with van der Waals surface area (Å²) >= 11 is 0. The molecule has 1 unspecified atom stereocenters. The zero-order chi connectivity index (χ0) is 15.3. The number of carbonyl (C=O) groups excluding carboxylic acids is 1. The molecule has 0 heterocycles. The molecule has 1 rings (SSSR count). The number of ether oxygens (including phenoxy) is 1. The van der Waals surface area contributed by atoms with E-state index in [4.69, 9.17) is 15.7 Å². The van der Waals surface area contributed by atoms with Crippen LogP contribution < -0.4 is 15.8 Å². The van der Waals surface area contributed by atoms with Crippen molar-refractivity contribution in [2.24, 2.45) is 16.3 Å². The van der Waals surface area contributed by atoms with E-state index in [-0.39, 0.29) is 17.3 Å². The molecule has 0 radical (unpaired) electrons. The molecule has 110 valence electrons. The number of methoxy groups -OCH3 is 1. The molecule has 1 aromatic rings. The van der Waals surface area contributed by atoms with Crippen LogP contribution >= 0.6 is 0 Å². The highest BCUT2D eigenvalue weighted by Crippen LogP contribution is 2.26. The summed E-state index contributed by atoms with van der Waals surface area (Å²) in [6.07, 6.45) is 0.327. The third-order valence-electron chi connectivity index (χ3n) is 3.29. The minimum atomic E-state index is -1.18. The summed E-state index contributed by atoms with van der Waals surface area (Å²) < 4.78 is 18.3. The molecule has 0 aliphatic heterocycles. The number of amidine groups is 1. The molecule has 1 atom stereocenters. The number of benzene rings is 1. The number of anilines is 1. The maximum Gasteiger partial charge on any atom is 0.238 e. The second-order valence-electron chi connectivity index (χ2n) is 4.47. The largest absolute Gasteiger partial charge is 0.494 e. The van der Waals surface area contributed by atoms with E-state index in [0.29, 0.717) is 6.42 Å². The van der Waals surface area contributed by atoms with Crippen LogP contribution in [-0.2, 0) is 4.79 Å². The lowest BCUT2D eigenvalue weighted by Crippen LogP contribution is -2.44. The molecule has 0 fully saturated rings. The highest BCUT2D eigenvalue weighted by atomic mass is 19.1. The number of nitrogens with two attached hydrogens (primary N) is 1. The van der Waals surface area contributed by atoms with Crippen LogP contribution in [-0.4, -0.2) is 24.1 Å². The number of halogens is 1. The van der Waals surface area contributed by atoms with Crippen LogP contribution in [0, 0.1) is 11.2 Å². The summed E-state index contributed by atoms with van der Waals surface area (Å²) in [5.74, 6) is -1.20. The molecule has 7 heteroatoms. The Morgan fingerprint density at radius 3 is 2.70 bits per heavy atom. The van der Waals surface area contributed by atoms with E-state index in [1.54, 1.807) is 6.92 Å². The predicted octanol–water partition coefficient (Wildman–Crippen LogP) is 1.94. The fourth-order valence-corrected chi connectivity index (χ4v) is 1.58. The van der Waals surface area contributed by atoms with Gasteiger partial charge in [0, 0.05) is 11.8 Å². The van der Waals surface area contributed by atoms with Gasteiger partial charge in [0.05, 0.1) is 7.11 Å². The van der Waals surface area contributed by atoms with E-state index < -0.39 is 17.1 Å². The average molecular weight is 283 g/mol. The number of nitrogens with one attached hydrogen (secondary N) is 1. The number of nitrogens with zero attached hydrogens (tertiary/aromatic N) is 1. The Morgan fingerprint density at radius 1 is 1.60 bits per heavy atom. The lowest BCUT2D eigenvalue weighted by Gasteiger charge is -2.25. The van der Waals surface area contributed by atoms with Crippen LogP contribution in [0.2, 0.25) is 0 Å². The monoisotopic (exact) mass is 283 g/mol. The molecule has 0 aromatic heterocycles. The van der Waals surface area contributed by atoms with Crippen LogP contribution in [0.15, 0.2) is 23.4 Å². The Bertz CT molecular complexity index is 534. The summed E-state index contributed by atoms with van der Waals surface area (Å²) in [7, 11) is 1.35. The zero-order valence-corrected chi connectivity index (χ0v) is 11.6. The van der Waals surface area contributed by atoms with Gasteiger partial charge in [-0.15, -0.1) is 0 Å². The summed E-state index contributed by atoms with van der Waals surface area (Å²) in [6.45, 7) is 3.27. The molecule has 0 spiro atoms. The third kappa shape index (κ3) is 2.98. The first-order valence-corrected chi connectivity index (χ1v) is 6.02. The highest BCUT2D eigenvalue weighted by molar-refractivity contribution is 6.11. The van der Waals surface area contributed by atoms with Crippen molar-refractivity contribution < 1.29 is 19.1 Å². The fraction of sp³-hybridized carbons (Fsp3) is 0.385. The van der Waals surface area contributed by atoms with Crippen molar-refractivity contribution in [3.63, 3.8) is 0 Å². The SMILES string of the molecule is CCC(C)(C(=O)Nc1ccc(OC)c(F)c1)/C(N)=N/O. The molecule has 1 amide bonds. The molecule has 0 aliphatic rings. The van der Waals surface area contributed by atoms with Crippen LogP contribution in [0.5, 0.6) is 5.75 Å². The van der Waals surface area contributed by atoms with E-state index in [1.165, 1.54) is 26.2 Å². The highest BCUT2D eigenvalue weighted by Gasteiger charge is 2.36. The molecule has 1 aromatic carbocycles. The van der Waals surface area contributed by atoms with Gasteiger partial charge in [-0.25, -0.2) is 4.39 Å². The summed E-state index contributed by atoms with van der Waals surface area (Å²) in [5.41, 5.74) is 4.62. The van der Waals surface area contributed by atoms with E-state index in [2.05, 4.69) is 10.5 Å². The van der Waals surface area contributed by atoms with E-state index >= 15 is 0 Å². The molecule has 0 saturated heterocycles. The molecule has 0 bridgehead atoms. The topological polar surface area (TPSA) is 96.9 Å². The number of hydrogen-bond acceptors (Lipinski definition) is 4. The quantitative estimate of drug-likeness (QED) is 0.333. The van der Waals surface area contributed by atoms with Crippen molar-refractivity contribution in [3.8, 4) is 5.75 Å². The zero-order valence-electron chi connectivity index (χ0n) is 11.6. The number of amides is 1. The van der Waals surface area contributed by atoms with Crippen molar-refractivity contribution in [3.05, 3.63) is 24.0 Å². The van der Waals surface area contributed by atoms with Crippen molar-refractivity contribution in [2.45, 2.75) is 20.3 Å². The predicted molar refractivity (Wildman–Crippen MR) is 73.4 cm³/mol. The molecule has 0 saturated carbocycles. The standard InChI is InChI=1S/C13H18FN3O3/c1-4-13(2,11(15)17-19)12(18)16-8-5-6-10(20-3)9(14)7-8/h5-7,19H,4H2,1-3H3,(H2,15,17)(H,16,18). The van der Waals surface area contributed by atoms with Crippen molar-refractivity contribution in [1.82, 2.24) is 0 Å². The van der Waals surface area contributed by atoms with Gasteiger partial charge in [-0.2, -0.15) is 0 Å². The Balaban J connectivity index is 2.98. The Kier molecular flexibility index (Phi) is 4.90. The van der Waals surface area contributed by atoms with Gasteiger partial charge in [0.1, 0.15) is 5.41 Å². The van der Waals surface area contributed by atoms with E-state index in [1.807, 2.05) is 0 Å². The van der Waals surface area contributed by atoms with Crippen LogP contribution in [0.4, 0.5) is 10.1 Å². The van der Waals surface area contributed by atoms with Crippen molar-refractivity contribution in [1.29, 1.82) is 0 Å². The fourth-order valence-electron chi connectivity index (χ4n) is 1.58. The lowest BCUT2D eigenvalue weighted by molar-refractivity contribution is -0.121. The number of carbonyl (C=O) groups is 1. The van der Waals surface area contributed by atoms with Gasteiger partial charge in [0.2, 0.25) is 5.91 Å². The van der Waals surface area contributed by atoms with Crippen LogP contribution in [0.25, 0.3) is 0 Å². The summed E-state index contributed by atoms with van der Waals surface area (Å²) in [6, 6.07) is 4.04. The molecular formula is C13H18FN3O3. The maximum atomic E-state index is 13.5. The van der Waals surface area contributed by atoms with E-state index in [9.17, 15) is 9.18 Å². The smallest absolute Gasteiger partial charge is 0.238 e. The molecule has 0 aliphatic carbocycles. The molecule has 6 nitrogen and oxygen atoms in total. The second-order valence-corrected chi connectivity index (χ2v) is 4.47. The molecule has 20 heavy (non-hydrogen) atoms. The van der Waals surface area contributed by atoms with Gasteiger partial charge in [0.25, 0.3) is 0 Å². The normalized spacial score (nSPS) is 14.5. The average Bonchev–Trinajstić information content (AvgIpc) is 2.45. The first kappa shape index (κ1) is 15.7. The van der Waals surface area contributed by atoms with Crippen molar-refractivity contribution >= 4 is 17.4 Å². The Labute approximate surface area is 116 Å². The van der Waals surface area contributed by atoms with Crippen LogP contribution in [0.1, 0.15) is 20.3 Å². The van der Waals surface area contributed by atoms with Gasteiger partial charge >= 0.3 is 0 Å². The van der Waals surface area contributed by atoms with Gasteiger partial charge in [-0.05, 0) is 25.5 Å². The Hall–Kier alpha value is -2.31. The lowest BCUT2D eigenvalue weighted by atomic mass is 9.85. The number of hydrogen-bond donors (Lipinski definition) is 3. The summed E-state index contributed by atoms with van der Waals surface area (Å²) in [5, 5.41) is 14.1. The minimum Gasteiger partial charge on any atom is -0.494 e. The minimum absolute atomic E-state index is 0.0812.